The van der Waals surface area contributed by atoms with E-state index in [0.29, 0.717) is 0 Å². The smallest absolute Gasteiger partial charge is 0.303 e. The molecule has 4 nitrogen and oxygen atoms in total. The Hall–Kier alpha value is -2.07. The third kappa shape index (κ3) is 5.51. The summed E-state index contributed by atoms with van der Waals surface area (Å²) < 4.78 is 8.66. The van der Waals surface area contributed by atoms with Crippen LogP contribution in [0.5, 0.6) is 0 Å². The van der Waals surface area contributed by atoms with E-state index in [0.717, 1.165) is 61.2 Å². The fourth-order valence-electron chi connectivity index (χ4n) is 4.26. The molecule has 5 heteroatoms. The summed E-state index contributed by atoms with van der Waals surface area (Å²) in [6.45, 7) is 10.7. The lowest BCUT2D eigenvalue weighted by atomic mass is 9.75. The topological polar surface area (TPSA) is 53.5 Å². The molecule has 1 aliphatic heterocycles. The number of carbonyl (C=O) groups is 1. The maximum atomic E-state index is 10.6. The highest BCUT2D eigenvalue weighted by atomic mass is 35.5. The van der Waals surface area contributed by atoms with Gasteiger partial charge in [0.25, 0.3) is 0 Å². The molecule has 0 saturated carbocycles. The second-order valence-electron chi connectivity index (χ2n) is 8.58. The van der Waals surface area contributed by atoms with Crippen LogP contribution < -0.4 is 22.3 Å². The summed E-state index contributed by atoms with van der Waals surface area (Å²) in [5.41, 5.74) is 3.87. The Morgan fingerprint density at radius 2 is 1.97 bits per heavy atom. The predicted molar refractivity (Wildman–Crippen MR) is 113 cm³/mol. The number of unbranched alkanes of at least 4 members (excludes halogenated alkanes) is 2. The summed E-state index contributed by atoms with van der Waals surface area (Å²) >= 11 is 0. The molecule has 0 spiro atoms. The molecule has 0 fully saturated rings. The van der Waals surface area contributed by atoms with Crippen LogP contribution in [-0.2, 0) is 10.2 Å². The lowest BCUT2D eigenvalue weighted by Gasteiger charge is -2.31. The largest absolute Gasteiger partial charge is 1.00 e. The van der Waals surface area contributed by atoms with E-state index in [4.69, 9.17) is 9.52 Å². The second kappa shape index (κ2) is 9.62. The van der Waals surface area contributed by atoms with Gasteiger partial charge in [0.15, 0.2) is 0 Å². The fourth-order valence-corrected chi connectivity index (χ4v) is 4.26. The first kappa shape index (κ1) is 23.2. The van der Waals surface area contributed by atoms with Crippen molar-refractivity contribution >= 4 is 12.0 Å². The molecule has 0 radical (unpaired) electrons. The first-order valence-electron chi connectivity index (χ1n) is 10.4. The molecule has 29 heavy (non-hydrogen) atoms. The van der Waals surface area contributed by atoms with E-state index in [1.165, 1.54) is 11.1 Å². The van der Waals surface area contributed by atoms with Gasteiger partial charge in [-0.25, -0.2) is 4.58 Å². The summed E-state index contributed by atoms with van der Waals surface area (Å²) in [6, 6.07) is 8.74. The average Bonchev–Trinajstić information content (AvgIpc) is 2.62. The van der Waals surface area contributed by atoms with Crippen LogP contribution in [0, 0.1) is 0 Å². The van der Waals surface area contributed by atoms with E-state index < -0.39 is 5.97 Å². The minimum atomic E-state index is -0.709. The predicted octanol–water partition coefficient (Wildman–Crippen LogP) is 1.91. The number of carboxylic acid groups (broad SMARTS) is 1. The third-order valence-electron chi connectivity index (χ3n) is 5.68. The minimum Gasteiger partial charge on any atom is -1.00 e. The van der Waals surface area contributed by atoms with Gasteiger partial charge >= 0.3 is 5.97 Å². The van der Waals surface area contributed by atoms with Crippen LogP contribution in [0.4, 0.5) is 0 Å². The molecule has 3 rings (SSSR count). The van der Waals surface area contributed by atoms with Crippen molar-refractivity contribution in [2.75, 3.05) is 13.1 Å². The van der Waals surface area contributed by atoms with Gasteiger partial charge in [-0.05, 0) is 56.7 Å². The number of aliphatic carboxylic acids is 1. The van der Waals surface area contributed by atoms with Crippen LogP contribution in [0.15, 0.2) is 34.3 Å². The number of halogens is 1. The number of benzene rings is 1. The molecule has 0 aromatic carbocycles. The van der Waals surface area contributed by atoms with Crippen molar-refractivity contribution in [1.29, 1.82) is 0 Å². The molecule has 1 heterocycles. The van der Waals surface area contributed by atoms with Crippen LogP contribution in [0.1, 0.15) is 71.1 Å². The highest BCUT2D eigenvalue weighted by Crippen LogP contribution is 2.41. The van der Waals surface area contributed by atoms with Gasteiger partial charge in [0, 0.05) is 30.0 Å². The molecular weight excluding hydrogens is 386 g/mol. The van der Waals surface area contributed by atoms with Gasteiger partial charge in [-0.3, -0.25) is 4.79 Å². The van der Waals surface area contributed by atoms with E-state index >= 15 is 0 Å². The van der Waals surface area contributed by atoms with E-state index in [9.17, 15) is 4.79 Å². The number of hydrogen-bond acceptors (Lipinski definition) is 2. The SMILES string of the molecule is CC[N+](CCCCCC(=O)O)=c1ccc2cc3c(oc-2c1)C=C(C)CC3(C)C.[Cl-]. The van der Waals surface area contributed by atoms with Crippen LogP contribution >= 0.6 is 0 Å². The van der Waals surface area contributed by atoms with Gasteiger partial charge in [0.2, 0.25) is 5.36 Å². The van der Waals surface area contributed by atoms with Gasteiger partial charge in [-0.1, -0.05) is 19.4 Å². The molecule has 0 aromatic rings. The van der Waals surface area contributed by atoms with Crippen LogP contribution in [-0.4, -0.2) is 24.2 Å². The minimum absolute atomic E-state index is 0. The summed E-state index contributed by atoms with van der Waals surface area (Å²) in [6.07, 6.45) is 6.17. The molecule has 2 aliphatic carbocycles. The first-order valence-corrected chi connectivity index (χ1v) is 10.4. The molecule has 0 aromatic heterocycles. The average molecular weight is 418 g/mol. The second-order valence-corrected chi connectivity index (χ2v) is 8.58. The molecule has 0 atom stereocenters. The summed E-state index contributed by atoms with van der Waals surface area (Å²) in [5.74, 6) is 1.19. The van der Waals surface area contributed by atoms with E-state index in [2.05, 4.69) is 62.6 Å². The summed E-state index contributed by atoms with van der Waals surface area (Å²) in [7, 11) is 0. The van der Waals surface area contributed by atoms with Crippen molar-refractivity contribution < 1.29 is 26.7 Å². The van der Waals surface area contributed by atoms with E-state index in [1.807, 2.05) is 0 Å². The van der Waals surface area contributed by atoms with Crippen molar-refractivity contribution in [2.24, 2.45) is 0 Å². The quantitative estimate of drug-likeness (QED) is 0.553. The molecular formula is C24H32ClNO3. The number of fused-ring (bicyclic) bond motifs is 2. The van der Waals surface area contributed by atoms with Crippen molar-refractivity contribution in [3.8, 4) is 11.3 Å². The van der Waals surface area contributed by atoms with Crippen LogP contribution in [0.25, 0.3) is 17.4 Å². The summed E-state index contributed by atoms with van der Waals surface area (Å²) in [5, 5.41) is 9.91. The van der Waals surface area contributed by atoms with Gasteiger partial charge in [-0.2, -0.15) is 0 Å². The van der Waals surface area contributed by atoms with Gasteiger partial charge < -0.3 is 21.9 Å². The lowest BCUT2D eigenvalue weighted by Crippen LogP contribution is -3.00. The first-order chi connectivity index (χ1) is 13.3. The zero-order valence-corrected chi connectivity index (χ0v) is 18.7. The lowest BCUT2D eigenvalue weighted by molar-refractivity contribution is -0.137. The number of nitrogens with zero attached hydrogens (tertiary/aromatic N) is 1. The third-order valence-corrected chi connectivity index (χ3v) is 5.68. The van der Waals surface area contributed by atoms with Crippen LogP contribution in [0.3, 0.4) is 0 Å². The number of hydrogen-bond donors (Lipinski definition) is 1. The summed E-state index contributed by atoms with van der Waals surface area (Å²) in [4.78, 5) is 10.6. The Kier molecular flexibility index (Phi) is 7.70. The van der Waals surface area contributed by atoms with E-state index in [-0.39, 0.29) is 24.2 Å². The number of allylic oxidation sites excluding steroid dienone is 1. The fraction of sp³-hybridized carbons (Fsp3) is 0.500. The highest BCUT2D eigenvalue weighted by Gasteiger charge is 2.30. The van der Waals surface area contributed by atoms with Crippen LogP contribution in [0.2, 0.25) is 0 Å². The molecule has 0 saturated heterocycles. The maximum Gasteiger partial charge on any atom is 0.303 e. The standard InChI is InChI=1S/C24H31NO3.ClH/c1-5-25(12-8-6-7-9-23(26)27)19-11-10-18-14-20-22(28-21(18)15-19)13-17(2)16-24(20,3)4;/h10-11,13-15H,5-9,12,16H2,1-4H3;1H. The monoisotopic (exact) mass is 417 g/mol. The Morgan fingerprint density at radius 3 is 2.66 bits per heavy atom. The Bertz CT molecular complexity index is 939. The number of rotatable bonds is 7. The molecule has 0 amide bonds. The molecule has 158 valence electrons. The molecule has 0 bridgehead atoms. The van der Waals surface area contributed by atoms with Gasteiger partial charge in [0.05, 0.1) is 6.07 Å². The van der Waals surface area contributed by atoms with Crippen molar-refractivity contribution in [1.82, 2.24) is 4.58 Å². The molecule has 3 aliphatic rings. The molecule has 0 unspecified atom stereocenters. The Morgan fingerprint density at radius 1 is 1.21 bits per heavy atom. The van der Waals surface area contributed by atoms with Crippen molar-refractivity contribution in [3.05, 3.63) is 46.5 Å². The zero-order valence-electron chi connectivity index (χ0n) is 17.9. The maximum absolute atomic E-state index is 10.6. The van der Waals surface area contributed by atoms with Crippen molar-refractivity contribution in [3.63, 3.8) is 0 Å². The van der Waals surface area contributed by atoms with Crippen molar-refractivity contribution in [2.45, 2.75) is 65.2 Å². The number of carboxylic acids is 1. The Balaban J connectivity index is 0.00000300. The zero-order chi connectivity index (χ0) is 20.3. The van der Waals surface area contributed by atoms with Gasteiger partial charge in [0.1, 0.15) is 24.6 Å². The van der Waals surface area contributed by atoms with E-state index in [1.54, 1.807) is 0 Å². The Labute approximate surface area is 179 Å². The normalized spacial score (nSPS) is 15.9. The molecule has 1 N–H and O–H groups in total. The van der Waals surface area contributed by atoms with Gasteiger partial charge in [-0.15, -0.1) is 0 Å². The highest BCUT2D eigenvalue weighted by molar-refractivity contribution is 5.67.